The first-order valence-electron chi connectivity index (χ1n) is 8.79. The molecule has 4 nitrogen and oxygen atoms in total. The molecule has 0 bridgehead atoms. The van der Waals surface area contributed by atoms with Crippen molar-refractivity contribution in [3.63, 3.8) is 0 Å². The van der Waals surface area contributed by atoms with Gasteiger partial charge < -0.3 is 20.4 Å². The van der Waals surface area contributed by atoms with E-state index in [1.165, 1.54) is 38.5 Å². The average molecular weight is 311 g/mol. The lowest BCUT2D eigenvalue weighted by atomic mass is 10.2. The van der Waals surface area contributed by atoms with Crippen LogP contribution in [0.25, 0.3) is 0 Å². The molecule has 4 N–H and O–H groups in total. The Balaban J connectivity index is 3.58. The fourth-order valence-electron chi connectivity index (χ4n) is 2.15. The van der Waals surface area contributed by atoms with E-state index in [4.69, 9.17) is 0 Å². The van der Waals surface area contributed by atoms with Crippen molar-refractivity contribution < 1.29 is 10.6 Å². The van der Waals surface area contributed by atoms with Gasteiger partial charge in [-0.05, 0) is 25.5 Å². The molecule has 0 heterocycles. The van der Waals surface area contributed by atoms with Crippen molar-refractivity contribution in [3.8, 4) is 0 Å². The van der Waals surface area contributed by atoms with Crippen LogP contribution in [0.15, 0.2) is 37.6 Å². The normalized spacial score (nSPS) is 11.4. The van der Waals surface area contributed by atoms with E-state index in [0.717, 1.165) is 19.6 Å². The van der Waals surface area contributed by atoms with Crippen LogP contribution in [0.3, 0.4) is 0 Å². The minimum absolute atomic E-state index is 1.08. The Hall–Kier alpha value is -1.26. The minimum atomic E-state index is 1.08. The first-order valence-corrected chi connectivity index (χ1v) is 8.79. The van der Waals surface area contributed by atoms with Crippen LogP contribution in [0.2, 0.25) is 0 Å². The van der Waals surface area contributed by atoms with E-state index in [9.17, 15) is 0 Å². The molecule has 0 saturated carbocycles. The zero-order valence-electron chi connectivity index (χ0n) is 15.0. The molecule has 0 amide bonds. The third-order valence-electron chi connectivity index (χ3n) is 3.58. The van der Waals surface area contributed by atoms with E-state index in [2.05, 4.69) is 65.8 Å². The predicted molar refractivity (Wildman–Crippen MR) is 95.8 cm³/mol. The Kier molecular flexibility index (Phi) is 15.2. The largest absolute Gasteiger partial charge is 0.376 e. The van der Waals surface area contributed by atoms with Crippen molar-refractivity contribution in [2.24, 2.45) is 0 Å². The lowest BCUT2D eigenvalue weighted by molar-refractivity contribution is -0.588. The van der Waals surface area contributed by atoms with Crippen LogP contribution < -0.4 is 10.6 Å². The third kappa shape index (κ3) is 13.7. The smallest absolute Gasteiger partial charge is 0.109 e. The van der Waals surface area contributed by atoms with Gasteiger partial charge in [0.2, 0.25) is 0 Å². The maximum Gasteiger partial charge on any atom is 0.109 e. The van der Waals surface area contributed by atoms with Crippen LogP contribution in [-0.4, -0.2) is 43.5 Å². The number of hydrogen-bond donors (Lipinski definition) is 2. The number of unbranched alkanes of at least 4 members (excludes halogenated alkanes) is 4. The van der Waals surface area contributed by atoms with E-state index in [0.29, 0.717) is 0 Å². The van der Waals surface area contributed by atoms with Crippen LogP contribution in [0.1, 0.15) is 45.4 Å². The molecule has 0 saturated heterocycles. The monoisotopic (exact) mass is 310 g/mol. The summed E-state index contributed by atoms with van der Waals surface area (Å²) in [6.07, 6.45) is 18.1. The summed E-state index contributed by atoms with van der Waals surface area (Å²) in [5.41, 5.74) is 0. The lowest BCUT2D eigenvalue weighted by Crippen LogP contribution is -2.78. The molecule has 0 aliphatic carbocycles. The topological polar surface area (TPSA) is 39.7 Å². The van der Waals surface area contributed by atoms with Gasteiger partial charge in [0.25, 0.3) is 0 Å². The predicted octanol–water partition coefficient (Wildman–Crippen LogP) is 1.42. The molecule has 22 heavy (non-hydrogen) atoms. The highest BCUT2D eigenvalue weighted by Gasteiger charge is 1.96. The number of nitrogens with zero attached hydrogens (tertiary/aromatic N) is 2. The summed E-state index contributed by atoms with van der Waals surface area (Å²) in [4.78, 5) is 4.43. The van der Waals surface area contributed by atoms with Gasteiger partial charge in [-0.1, -0.05) is 32.8 Å². The van der Waals surface area contributed by atoms with Gasteiger partial charge in [-0.25, -0.2) is 0 Å². The van der Waals surface area contributed by atoms with Gasteiger partial charge in [-0.3, -0.25) is 0 Å². The molecular formula is C18H38N4+2. The summed E-state index contributed by atoms with van der Waals surface area (Å²) in [5, 5.41) is 4.32. The first-order chi connectivity index (χ1) is 10.7. The second-order valence-electron chi connectivity index (χ2n) is 5.71. The molecule has 128 valence electrons. The standard InChI is InChI=1S/C18H36N4/c1-5-7-8-10-16-22(6-2)18-14-20-12-9-11-15-21(4)17-13-19-3/h6,13-14,17-20H,2,5,7-12,15-16H2,1,3-4H3/p+2. The van der Waals surface area contributed by atoms with Crippen LogP contribution in [0.4, 0.5) is 0 Å². The van der Waals surface area contributed by atoms with Gasteiger partial charge in [-0.2, -0.15) is 0 Å². The van der Waals surface area contributed by atoms with E-state index in [-0.39, 0.29) is 0 Å². The highest BCUT2D eigenvalue weighted by molar-refractivity contribution is 4.82. The lowest BCUT2D eigenvalue weighted by Gasteiger charge is -2.13. The Morgan fingerprint density at radius 2 is 1.73 bits per heavy atom. The van der Waals surface area contributed by atoms with E-state index < -0.39 is 0 Å². The van der Waals surface area contributed by atoms with Gasteiger partial charge in [0.1, 0.15) is 12.4 Å². The summed E-state index contributed by atoms with van der Waals surface area (Å²) < 4.78 is 0. The van der Waals surface area contributed by atoms with Gasteiger partial charge in [-0.15, -0.1) is 0 Å². The molecule has 0 fully saturated rings. The molecule has 0 aromatic carbocycles. The van der Waals surface area contributed by atoms with Crippen molar-refractivity contribution in [2.75, 3.05) is 33.7 Å². The molecule has 0 aliphatic heterocycles. The van der Waals surface area contributed by atoms with Crippen molar-refractivity contribution in [1.82, 2.24) is 9.80 Å². The van der Waals surface area contributed by atoms with Crippen molar-refractivity contribution in [2.45, 2.75) is 45.4 Å². The Morgan fingerprint density at radius 3 is 2.41 bits per heavy atom. The Morgan fingerprint density at radius 1 is 0.955 bits per heavy atom. The van der Waals surface area contributed by atoms with Crippen molar-refractivity contribution in [3.05, 3.63) is 37.6 Å². The number of nitrogens with two attached hydrogens (primary N) is 2. The molecule has 0 unspecified atom stereocenters. The van der Waals surface area contributed by atoms with Crippen LogP contribution in [-0.2, 0) is 0 Å². The summed E-state index contributed by atoms with van der Waals surface area (Å²) in [6.45, 7) is 9.48. The zero-order chi connectivity index (χ0) is 16.5. The van der Waals surface area contributed by atoms with Crippen molar-refractivity contribution >= 4 is 0 Å². The van der Waals surface area contributed by atoms with Crippen LogP contribution >= 0.6 is 0 Å². The summed E-state index contributed by atoms with van der Waals surface area (Å²) in [7, 11) is 4.17. The molecule has 0 spiro atoms. The van der Waals surface area contributed by atoms with E-state index in [1.807, 2.05) is 13.2 Å². The Labute approximate surface area is 137 Å². The molecule has 0 aliphatic rings. The fraction of sp³-hybridized carbons (Fsp3) is 0.667. The maximum absolute atomic E-state index is 3.88. The first kappa shape index (κ1) is 20.7. The minimum Gasteiger partial charge on any atom is -0.376 e. The SMILES string of the molecule is C=CN(C=C[NH2+]CCCCN(C)C=C[NH2+]C)CCCCCC. The maximum atomic E-state index is 3.88. The Bertz CT molecular complexity index is 299. The van der Waals surface area contributed by atoms with E-state index in [1.54, 1.807) is 0 Å². The van der Waals surface area contributed by atoms with Gasteiger partial charge in [0, 0.05) is 20.1 Å². The molecule has 4 heteroatoms. The van der Waals surface area contributed by atoms with E-state index >= 15 is 0 Å². The fourth-order valence-corrected chi connectivity index (χ4v) is 2.15. The average Bonchev–Trinajstić information content (AvgIpc) is 2.53. The third-order valence-corrected chi connectivity index (χ3v) is 3.58. The molecule has 0 atom stereocenters. The molecular weight excluding hydrogens is 272 g/mol. The number of quaternary nitrogens is 2. The molecule has 0 rings (SSSR count). The highest BCUT2D eigenvalue weighted by Crippen LogP contribution is 2.01. The molecule has 0 aromatic rings. The molecule has 0 radical (unpaired) electrons. The van der Waals surface area contributed by atoms with Gasteiger partial charge in [0.05, 0.1) is 26.0 Å². The summed E-state index contributed by atoms with van der Waals surface area (Å²) in [6, 6.07) is 0. The van der Waals surface area contributed by atoms with Gasteiger partial charge >= 0.3 is 0 Å². The summed E-state index contributed by atoms with van der Waals surface area (Å²) >= 11 is 0. The summed E-state index contributed by atoms with van der Waals surface area (Å²) in [5.74, 6) is 0. The van der Waals surface area contributed by atoms with Gasteiger partial charge in [0.15, 0.2) is 0 Å². The second kappa shape index (κ2) is 16.1. The zero-order valence-corrected chi connectivity index (χ0v) is 15.0. The quantitative estimate of drug-likeness (QED) is 0.449. The van der Waals surface area contributed by atoms with Crippen LogP contribution in [0.5, 0.6) is 0 Å². The van der Waals surface area contributed by atoms with Crippen molar-refractivity contribution in [1.29, 1.82) is 0 Å². The molecule has 0 aromatic heterocycles. The second-order valence-corrected chi connectivity index (χ2v) is 5.71. The van der Waals surface area contributed by atoms with Crippen LogP contribution in [0, 0.1) is 0 Å². The number of rotatable bonds is 15. The number of hydrogen-bond acceptors (Lipinski definition) is 2. The highest BCUT2D eigenvalue weighted by atomic mass is 15.1.